The minimum absolute atomic E-state index is 0.0463. The number of halogens is 3. The van der Waals surface area contributed by atoms with Crippen molar-refractivity contribution in [3.63, 3.8) is 0 Å². The zero-order valence-corrected chi connectivity index (χ0v) is 12.1. The summed E-state index contributed by atoms with van der Waals surface area (Å²) in [6.07, 6.45) is 0. The van der Waals surface area contributed by atoms with Gasteiger partial charge in [0.05, 0.1) is 10.6 Å². The maximum atomic E-state index is 13.2. The van der Waals surface area contributed by atoms with Gasteiger partial charge in [-0.15, -0.1) is 5.10 Å². The molecule has 0 saturated heterocycles. The molecule has 116 valence electrons. The highest BCUT2D eigenvalue weighted by molar-refractivity contribution is 6.34. The van der Waals surface area contributed by atoms with Crippen molar-refractivity contribution in [1.29, 1.82) is 0 Å². The molecular weight excluding hydrogens is 328 g/mol. The van der Waals surface area contributed by atoms with Gasteiger partial charge in [-0.05, 0) is 36.4 Å². The number of rotatable bonds is 3. The molecule has 3 rings (SSSR count). The Balaban J connectivity index is 1.80. The van der Waals surface area contributed by atoms with Crippen LogP contribution in [0.3, 0.4) is 0 Å². The largest absolute Gasteiger partial charge is 0.403 e. The van der Waals surface area contributed by atoms with E-state index in [0.29, 0.717) is 5.56 Å². The Bertz CT molecular complexity index is 883. The van der Waals surface area contributed by atoms with Crippen molar-refractivity contribution in [3.8, 4) is 11.5 Å². The molecular formula is C15H8ClF2N3O2. The van der Waals surface area contributed by atoms with Crippen LogP contribution >= 0.6 is 11.6 Å². The summed E-state index contributed by atoms with van der Waals surface area (Å²) in [5.74, 6) is -1.60. The Morgan fingerprint density at radius 1 is 1.09 bits per heavy atom. The molecule has 2 aromatic carbocycles. The molecule has 1 aromatic heterocycles. The number of benzene rings is 2. The molecule has 0 aliphatic heterocycles. The van der Waals surface area contributed by atoms with Crippen LogP contribution in [-0.4, -0.2) is 16.1 Å². The average molecular weight is 336 g/mol. The van der Waals surface area contributed by atoms with Gasteiger partial charge in [0, 0.05) is 5.56 Å². The van der Waals surface area contributed by atoms with E-state index < -0.39 is 17.5 Å². The average Bonchev–Trinajstić information content (AvgIpc) is 2.95. The number of aromatic nitrogens is 2. The van der Waals surface area contributed by atoms with Gasteiger partial charge in [0.2, 0.25) is 5.89 Å². The standard InChI is InChI=1S/C15H8ClF2N3O2/c16-12-7-10(18)4-5-11(12)13(22)19-15-21-20-14(23-15)8-2-1-3-9(17)6-8/h1-7H,(H,19,21,22). The van der Waals surface area contributed by atoms with E-state index in [0.717, 1.165) is 12.1 Å². The molecule has 3 aromatic rings. The van der Waals surface area contributed by atoms with E-state index in [1.54, 1.807) is 6.07 Å². The second-order valence-corrected chi connectivity index (χ2v) is 4.91. The van der Waals surface area contributed by atoms with Crippen molar-refractivity contribution in [2.24, 2.45) is 0 Å². The molecule has 0 radical (unpaired) electrons. The number of anilines is 1. The number of hydrogen-bond donors (Lipinski definition) is 1. The monoisotopic (exact) mass is 335 g/mol. The van der Waals surface area contributed by atoms with Crippen LogP contribution in [0.15, 0.2) is 46.9 Å². The smallest absolute Gasteiger partial charge is 0.322 e. The third-order valence-corrected chi connectivity index (χ3v) is 3.21. The Hall–Kier alpha value is -2.80. The fourth-order valence-corrected chi connectivity index (χ4v) is 2.10. The minimum Gasteiger partial charge on any atom is -0.403 e. The van der Waals surface area contributed by atoms with Crippen molar-refractivity contribution in [3.05, 3.63) is 64.7 Å². The van der Waals surface area contributed by atoms with Crippen LogP contribution in [0.1, 0.15) is 10.4 Å². The molecule has 0 aliphatic rings. The van der Waals surface area contributed by atoms with E-state index in [4.69, 9.17) is 16.0 Å². The lowest BCUT2D eigenvalue weighted by atomic mass is 10.2. The van der Waals surface area contributed by atoms with Crippen molar-refractivity contribution in [2.75, 3.05) is 5.32 Å². The third-order valence-electron chi connectivity index (χ3n) is 2.89. The molecule has 0 atom stereocenters. The number of hydrogen-bond acceptors (Lipinski definition) is 4. The summed E-state index contributed by atoms with van der Waals surface area (Å²) < 4.78 is 31.4. The van der Waals surface area contributed by atoms with E-state index in [1.165, 1.54) is 24.3 Å². The summed E-state index contributed by atoms with van der Waals surface area (Å²) in [6, 6.07) is 8.74. The Morgan fingerprint density at radius 3 is 2.61 bits per heavy atom. The van der Waals surface area contributed by atoms with Crippen molar-refractivity contribution in [2.45, 2.75) is 0 Å². The predicted molar refractivity (Wildman–Crippen MR) is 79.1 cm³/mol. The van der Waals surface area contributed by atoms with Gasteiger partial charge in [-0.1, -0.05) is 22.8 Å². The van der Waals surface area contributed by atoms with Crippen LogP contribution in [-0.2, 0) is 0 Å². The van der Waals surface area contributed by atoms with E-state index in [9.17, 15) is 13.6 Å². The van der Waals surface area contributed by atoms with Gasteiger partial charge in [0.1, 0.15) is 11.6 Å². The van der Waals surface area contributed by atoms with Crippen LogP contribution in [0.25, 0.3) is 11.5 Å². The second-order valence-electron chi connectivity index (χ2n) is 4.50. The molecule has 1 N–H and O–H groups in total. The molecule has 0 fully saturated rings. The van der Waals surface area contributed by atoms with E-state index in [-0.39, 0.29) is 22.5 Å². The van der Waals surface area contributed by atoms with Gasteiger partial charge in [0.15, 0.2) is 0 Å². The number of carbonyl (C=O) groups is 1. The SMILES string of the molecule is O=C(Nc1nnc(-c2cccc(F)c2)o1)c1ccc(F)cc1Cl. The topological polar surface area (TPSA) is 68.0 Å². The summed E-state index contributed by atoms with van der Waals surface area (Å²) in [6.45, 7) is 0. The number of carbonyl (C=O) groups excluding carboxylic acids is 1. The van der Waals surface area contributed by atoms with Crippen LogP contribution in [0, 0.1) is 11.6 Å². The molecule has 0 unspecified atom stereocenters. The highest BCUT2D eigenvalue weighted by Crippen LogP contribution is 2.22. The van der Waals surface area contributed by atoms with Gasteiger partial charge in [-0.3, -0.25) is 10.1 Å². The highest BCUT2D eigenvalue weighted by Gasteiger charge is 2.15. The maximum absolute atomic E-state index is 13.2. The third kappa shape index (κ3) is 3.35. The first-order chi connectivity index (χ1) is 11.0. The van der Waals surface area contributed by atoms with Gasteiger partial charge in [-0.25, -0.2) is 8.78 Å². The van der Waals surface area contributed by atoms with Crippen molar-refractivity contribution in [1.82, 2.24) is 10.2 Å². The number of nitrogens with one attached hydrogen (secondary N) is 1. The molecule has 0 bridgehead atoms. The normalized spacial score (nSPS) is 10.6. The minimum atomic E-state index is -0.635. The highest BCUT2D eigenvalue weighted by atomic mass is 35.5. The van der Waals surface area contributed by atoms with Crippen LogP contribution in [0.2, 0.25) is 5.02 Å². The van der Waals surface area contributed by atoms with E-state index >= 15 is 0 Å². The lowest BCUT2D eigenvalue weighted by molar-refractivity contribution is 0.102. The number of amides is 1. The van der Waals surface area contributed by atoms with Crippen LogP contribution < -0.4 is 5.32 Å². The first-order valence-corrected chi connectivity index (χ1v) is 6.76. The first-order valence-electron chi connectivity index (χ1n) is 6.39. The summed E-state index contributed by atoms with van der Waals surface area (Å²) >= 11 is 5.80. The molecule has 1 heterocycles. The summed E-state index contributed by atoms with van der Waals surface area (Å²) in [7, 11) is 0. The molecule has 5 nitrogen and oxygen atoms in total. The predicted octanol–water partition coefficient (Wildman–Crippen LogP) is 3.92. The lowest BCUT2D eigenvalue weighted by Gasteiger charge is -2.02. The zero-order chi connectivity index (χ0) is 16.4. The maximum Gasteiger partial charge on any atom is 0.322 e. The van der Waals surface area contributed by atoms with E-state index in [1.807, 2.05) is 0 Å². The number of nitrogens with zero attached hydrogens (tertiary/aromatic N) is 2. The van der Waals surface area contributed by atoms with Crippen molar-refractivity contribution >= 4 is 23.5 Å². The Morgan fingerprint density at radius 2 is 1.87 bits per heavy atom. The molecule has 0 aliphatic carbocycles. The molecule has 0 saturated carbocycles. The summed E-state index contributed by atoms with van der Waals surface area (Å²) in [4.78, 5) is 12.0. The van der Waals surface area contributed by atoms with E-state index in [2.05, 4.69) is 15.5 Å². The van der Waals surface area contributed by atoms with Gasteiger partial charge >= 0.3 is 6.01 Å². The summed E-state index contributed by atoms with van der Waals surface area (Å²) in [5, 5.41) is 9.66. The molecule has 23 heavy (non-hydrogen) atoms. The Kier molecular flexibility index (Phi) is 4.03. The quantitative estimate of drug-likeness (QED) is 0.787. The lowest BCUT2D eigenvalue weighted by Crippen LogP contribution is -2.12. The van der Waals surface area contributed by atoms with Gasteiger partial charge in [0.25, 0.3) is 5.91 Å². The van der Waals surface area contributed by atoms with Gasteiger partial charge < -0.3 is 4.42 Å². The molecule has 8 heteroatoms. The van der Waals surface area contributed by atoms with Crippen LogP contribution in [0.5, 0.6) is 0 Å². The first kappa shape index (κ1) is 15.1. The van der Waals surface area contributed by atoms with Gasteiger partial charge in [-0.2, -0.15) is 0 Å². The molecule has 1 amide bonds. The fraction of sp³-hybridized carbons (Fsp3) is 0. The second kappa shape index (κ2) is 6.13. The molecule has 0 spiro atoms. The Labute approximate surface area is 133 Å². The zero-order valence-electron chi connectivity index (χ0n) is 11.4. The summed E-state index contributed by atoms with van der Waals surface area (Å²) in [5.41, 5.74) is 0.427. The fourth-order valence-electron chi connectivity index (χ4n) is 1.85. The van der Waals surface area contributed by atoms with Crippen LogP contribution in [0.4, 0.5) is 14.8 Å². The van der Waals surface area contributed by atoms with Crippen molar-refractivity contribution < 1.29 is 18.0 Å².